The predicted molar refractivity (Wildman–Crippen MR) is 127 cm³/mol. The first-order valence-corrected chi connectivity index (χ1v) is 11.8. The van der Waals surface area contributed by atoms with Gasteiger partial charge in [0.05, 0.1) is 12.2 Å². The van der Waals surface area contributed by atoms with Crippen molar-refractivity contribution in [2.45, 2.75) is 63.8 Å². The van der Waals surface area contributed by atoms with E-state index in [1.807, 2.05) is 30.1 Å². The Morgan fingerprint density at radius 1 is 1.06 bits per heavy atom. The summed E-state index contributed by atoms with van der Waals surface area (Å²) in [7, 11) is 1.90. The number of carbonyl (C=O) groups is 1. The zero-order valence-electron chi connectivity index (χ0n) is 19.7. The van der Waals surface area contributed by atoms with Crippen molar-refractivity contribution in [1.29, 1.82) is 0 Å². The molecule has 6 N–H and O–H groups in total. The lowest BCUT2D eigenvalue weighted by atomic mass is 10.0. The normalized spacial score (nSPS) is 14.3. The molecule has 8 nitrogen and oxygen atoms in total. The number of rotatable bonds is 18. The molecule has 0 saturated carbocycles. The molecule has 0 aliphatic rings. The van der Waals surface area contributed by atoms with Crippen molar-refractivity contribution in [2.75, 3.05) is 46.4 Å². The minimum absolute atomic E-state index is 0.0121. The highest BCUT2D eigenvalue weighted by atomic mass is 16.4. The third kappa shape index (κ3) is 11.4. The Morgan fingerprint density at radius 3 is 2.53 bits per heavy atom. The van der Waals surface area contributed by atoms with E-state index < -0.39 is 18.3 Å². The second-order valence-corrected chi connectivity index (χ2v) is 8.31. The summed E-state index contributed by atoms with van der Waals surface area (Å²) >= 11 is 0. The predicted octanol–water partition coefficient (Wildman–Crippen LogP) is 0.526. The van der Waals surface area contributed by atoms with E-state index in [0.717, 1.165) is 50.8 Å². The number of unbranched alkanes of at least 4 members (excludes halogenated alkanes) is 3. The quantitative estimate of drug-likeness (QED) is 0.179. The minimum atomic E-state index is -1.32. The summed E-state index contributed by atoms with van der Waals surface area (Å²) in [4.78, 5) is 14.6. The number of nitrogens with one attached hydrogen (secondary N) is 2. The van der Waals surface area contributed by atoms with Gasteiger partial charge in [-0.05, 0) is 57.1 Å². The number of aliphatic hydroxyl groups excluding tert-OH is 4. The van der Waals surface area contributed by atoms with E-state index in [4.69, 9.17) is 5.11 Å². The van der Waals surface area contributed by atoms with Gasteiger partial charge < -0.3 is 31.1 Å². The van der Waals surface area contributed by atoms with Gasteiger partial charge in [0.1, 0.15) is 6.10 Å². The Kier molecular flexibility index (Phi) is 15.1. The number of nitrogens with zero attached hydrogens (tertiary/aromatic N) is 1. The van der Waals surface area contributed by atoms with Crippen molar-refractivity contribution in [3.63, 3.8) is 0 Å². The van der Waals surface area contributed by atoms with Crippen LogP contribution in [0.5, 0.6) is 0 Å². The number of likely N-dealkylation sites (N-methyl/N-ethyl adjacent to an activating group) is 1. The van der Waals surface area contributed by atoms with Gasteiger partial charge in [0.25, 0.3) is 5.91 Å². The number of hydrogen-bond donors (Lipinski definition) is 6. The van der Waals surface area contributed by atoms with Gasteiger partial charge in [-0.15, -0.1) is 0 Å². The van der Waals surface area contributed by atoms with Crippen LogP contribution in [0.15, 0.2) is 24.3 Å². The monoisotopic (exact) mass is 453 g/mol. The van der Waals surface area contributed by atoms with Gasteiger partial charge in [0, 0.05) is 31.8 Å². The second kappa shape index (κ2) is 17.0. The van der Waals surface area contributed by atoms with E-state index >= 15 is 0 Å². The Bertz CT molecular complexity index is 631. The first-order chi connectivity index (χ1) is 15.4. The zero-order valence-corrected chi connectivity index (χ0v) is 19.7. The van der Waals surface area contributed by atoms with Crippen LogP contribution in [0.1, 0.15) is 54.9 Å². The van der Waals surface area contributed by atoms with Gasteiger partial charge in [0.15, 0.2) is 0 Å². The largest absolute Gasteiger partial charge is 0.396 e. The van der Waals surface area contributed by atoms with Gasteiger partial charge >= 0.3 is 0 Å². The molecule has 0 aliphatic heterocycles. The molecule has 0 unspecified atom stereocenters. The highest BCUT2D eigenvalue weighted by Gasteiger charge is 2.26. The molecule has 32 heavy (non-hydrogen) atoms. The molecular formula is C24H43N3O5. The molecule has 8 heteroatoms. The number of benzene rings is 1. The van der Waals surface area contributed by atoms with Crippen LogP contribution in [0.3, 0.4) is 0 Å². The summed E-state index contributed by atoms with van der Waals surface area (Å²) in [6.45, 7) is 4.59. The molecule has 0 saturated heterocycles. The van der Waals surface area contributed by atoms with E-state index in [9.17, 15) is 20.1 Å². The molecule has 0 radical (unpaired) electrons. The Labute approximate surface area is 192 Å². The molecule has 184 valence electrons. The molecule has 0 heterocycles. The maximum atomic E-state index is 12.6. The van der Waals surface area contributed by atoms with Crippen LogP contribution in [0.25, 0.3) is 0 Å². The molecule has 0 bridgehead atoms. The van der Waals surface area contributed by atoms with E-state index in [2.05, 4.69) is 17.6 Å². The number of amides is 1. The van der Waals surface area contributed by atoms with Gasteiger partial charge in [-0.2, -0.15) is 0 Å². The average Bonchev–Trinajstić information content (AvgIpc) is 2.79. The lowest BCUT2D eigenvalue weighted by Gasteiger charge is -2.29. The molecule has 1 rings (SSSR count). The Balaban J connectivity index is 2.60. The second-order valence-electron chi connectivity index (χ2n) is 8.31. The maximum absolute atomic E-state index is 12.6. The third-order valence-corrected chi connectivity index (χ3v) is 5.55. The van der Waals surface area contributed by atoms with Gasteiger partial charge in [-0.25, -0.2) is 0 Å². The lowest BCUT2D eigenvalue weighted by Crippen LogP contribution is -2.46. The lowest BCUT2D eigenvalue weighted by molar-refractivity contribution is -0.0746. The van der Waals surface area contributed by atoms with Gasteiger partial charge in [0.2, 0.25) is 0 Å². The van der Waals surface area contributed by atoms with E-state index in [1.165, 1.54) is 0 Å². The average molecular weight is 454 g/mol. The smallest absolute Gasteiger partial charge is 0.251 e. The number of carbonyl (C=O) groups excluding carboxylic acids is 1. The van der Waals surface area contributed by atoms with Crippen LogP contribution in [-0.4, -0.2) is 95.9 Å². The SMILES string of the molecule is CCCCCCN(CCNC(=O)c1cccc(CCNC)c1)C[C@H](O)[C@@H](O)[C@H](O)CCO. The van der Waals surface area contributed by atoms with Crippen LogP contribution in [0, 0.1) is 0 Å². The molecule has 1 aromatic carbocycles. The van der Waals surface area contributed by atoms with Gasteiger partial charge in [-0.1, -0.05) is 38.3 Å². The molecule has 1 amide bonds. The minimum Gasteiger partial charge on any atom is -0.396 e. The van der Waals surface area contributed by atoms with Crippen molar-refractivity contribution in [1.82, 2.24) is 15.5 Å². The molecular weight excluding hydrogens is 410 g/mol. The summed E-state index contributed by atoms with van der Waals surface area (Å²) in [6, 6.07) is 7.58. The summed E-state index contributed by atoms with van der Waals surface area (Å²) in [5, 5.41) is 45.3. The van der Waals surface area contributed by atoms with E-state index in [-0.39, 0.29) is 25.5 Å². The van der Waals surface area contributed by atoms with Crippen LogP contribution in [0.2, 0.25) is 0 Å². The molecule has 1 aromatic rings. The van der Waals surface area contributed by atoms with Crippen molar-refractivity contribution < 1.29 is 25.2 Å². The molecule has 3 atom stereocenters. The Hall–Kier alpha value is -1.55. The third-order valence-electron chi connectivity index (χ3n) is 5.55. The standard InChI is InChI=1S/C24H43N3O5/c1-3-4-5-6-14-27(18-22(30)23(31)21(29)11-16-28)15-13-26-24(32)20-9-7-8-19(17-20)10-12-25-2/h7-9,17,21-23,25,28-31H,3-6,10-16,18H2,1-2H3,(H,26,32)/t21-,22+,23+/m1/s1. The van der Waals surface area contributed by atoms with E-state index in [0.29, 0.717) is 18.7 Å². The summed E-state index contributed by atoms with van der Waals surface area (Å²) < 4.78 is 0. The van der Waals surface area contributed by atoms with Gasteiger partial charge in [-0.3, -0.25) is 9.69 Å². The fourth-order valence-electron chi connectivity index (χ4n) is 3.56. The molecule has 0 fully saturated rings. The van der Waals surface area contributed by atoms with Crippen LogP contribution in [-0.2, 0) is 6.42 Å². The highest BCUT2D eigenvalue weighted by Crippen LogP contribution is 2.09. The Morgan fingerprint density at radius 2 is 1.84 bits per heavy atom. The topological polar surface area (TPSA) is 125 Å². The molecule has 0 aliphatic carbocycles. The van der Waals surface area contributed by atoms with Crippen molar-refractivity contribution in [3.05, 3.63) is 35.4 Å². The first kappa shape index (κ1) is 28.5. The van der Waals surface area contributed by atoms with Crippen LogP contribution < -0.4 is 10.6 Å². The number of hydrogen-bond acceptors (Lipinski definition) is 7. The molecule has 0 spiro atoms. The number of aliphatic hydroxyl groups is 4. The van der Waals surface area contributed by atoms with Crippen LogP contribution >= 0.6 is 0 Å². The highest BCUT2D eigenvalue weighted by molar-refractivity contribution is 5.94. The van der Waals surface area contributed by atoms with Crippen molar-refractivity contribution in [2.24, 2.45) is 0 Å². The summed E-state index contributed by atoms with van der Waals surface area (Å²) in [5.74, 6) is -0.138. The fraction of sp³-hybridized carbons (Fsp3) is 0.708. The molecule has 0 aromatic heterocycles. The summed E-state index contributed by atoms with van der Waals surface area (Å²) in [5.41, 5.74) is 1.72. The van der Waals surface area contributed by atoms with Crippen molar-refractivity contribution in [3.8, 4) is 0 Å². The van der Waals surface area contributed by atoms with E-state index in [1.54, 1.807) is 6.07 Å². The summed E-state index contributed by atoms with van der Waals surface area (Å²) in [6.07, 6.45) is 1.52. The first-order valence-electron chi connectivity index (χ1n) is 11.8. The fourth-order valence-corrected chi connectivity index (χ4v) is 3.56. The zero-order chi connectivity index (χ0) is 23.8. The van der Waals surface area contributed by atoms with Crippen LogP contribution in [0.4, 0.5) is 0 Å². The maximum Gasteiger partial charge on any atom is 0.251 e. The van der Waals surface area contributed by atoms with Crippen molar-refractivity contribution >= 4 is 5.91 Å².